The molecule has 0 saturated carbocycles. The number of nitrogens with zero attached hydrogens (tertiary/aromatic N) is 1. The van der Waals surface area contributed by atoms with Gasteiger partial charge in [0.1, 0.15) is 12.4 Å². The number of ether oxygens (including phenoxy) is 2. The van der Waals surface area contributed by atoms with Crippen LogP contribution in [0.1, 0.15) is 43.0 Å². The van der Waals surface area contributed by atoms with Gasteiger partial charge in [0.2, 0.25) is 0 Å². The van der Waals surface area contributed by atoms with E-state index in [1.165, 1.54) is 7.11 Å². The molecule has 0 atom stereocenters. The van der Waals surface area contributed by atoms with Gasteiger partial charge in [-0.3, -0.25) is 4.79 Å². The number of rotatable bonds is 10. The molecular weight excluding hydrogens is 458 g/mol. The lowest BCUT2D eigenvalue weighted by molar-refractivity contribution is -0.136. The molecule has 3 aromatic rings. The van der Waals surface area contributed by atoms with Crippen molar-refractivity contribution < 1.29 is 29.3 Å². The van der Waals surface area contributed by atoms with Crippen LogP contribution in [0.25, 0.3) is 11.1 Å². The fraction of sp³-hybridized carbons (Fsp3) is 0.310. The monoisotopic (exact) mass is 491 g/mol. The van der Waals surface area contributed by atoms with Crippen molar-refractivity contribution >= 4 is 12.1 Å². The van der Waals surface area contributed by atoms with Crippen LogP contribution < -0.4 is 4.74 Å². The summed E-state index contributed by atoms with van der Waals surface area (Å²) < 4.78 is 11.2. The molecule has 0 radical (unpaired) electrons. The Bertz CT molecular complexity index is 1200. The molecule has 3 rings (SSSR count). The molecule has 0 aliphatic heterocycles. The fourth-order valence-electron chi connectivity index (χ4n) is 4.13. The van der Waals surface area contributed by atoms with Gasteiger partial charge in [-0.15, -0.1) is 0 Å². The molecule has 0 heterocycles. The molecule has 0 unspecified atom stereocenters. The summed E-state index contributed by atoms with van der Waals surface area (Å²) in [5.74, 6) is -0.494. The van der Waals surface area contributed by atoms with Crippen LogP contribution in [-0.4, -0.2) is 40.8 Å². The molecule has 3 aromatic carbocycles. The van der Waals surface area contributed by atoms with E-state index in [9.17, 15) is 19.8 Å². The van der Waals surface area contributed by atoms with E-state index >= 15 is 0 Å². The van der Waals surface area contributed by atoms with E-state index < -0.39 is 17.7 Å². The second kappa shape index (κ2) is 11.7. The normalized spacial score (nSPS) is 11.1. The molecule has 1 amide bonds. The molecule has 0 saturated heterocycles. The Kier molecular flexibility index (Phi) is 8.72. The molecular formula is C29H33NO6. The maximum absolute atomic E-state index is 12.8. The third kappa shape index (κ3) is 6.64. The van der Waals surface area contributed by atoms with E-state index in [4.69, 9.17) is 9.47 Å². The summed E-state index contributed by atoms with van der Waals surface area (Å²) in [6.45, 7) is 6.03. The quantitative estimate of drug-likeness (QED) is 0.396. The second-order valence-electron chi connectivity index (χ2n) is 9.05. The molecule has 0 aromatic heterocycles. The van der Waals surface area contributed by atoms with Gasteiger partial charge in [-0.2, -0.15) is 0 Å². The highest BCUT2D eigenvalue weighted by Crippen LogP contribution is 2.38. The van der Waals surface area contributed by atoms with Crippen LogP contribution in [0.5, 0.6) is 5.75 Å². The lowest BCUT2D eigenvalue weighted by atomic mass is 9.87. The first kappa shape index (κ1) is 26.8. The van der Waals surface area contributed by atoms with Crippen molar-refractivity contribution in [2.24, 2.45) is 0 Å². The molecule has 36 heavy (non-hydrogen) atoms. The molecule has 0 fully saturated rings. The maximum atomic E-state index is 12.8. The highest BCUT2D eigenvalue weighted by atomic mass is 16.6. The number of carboxylic acids is 1. The number of aliphatic carboxylic acids is 1. The van der Waals surface area contributed by atoms with Gasteiger partial charge in [-0.25, -0.2) is 4.79 Å². The van der Waals surface area contributed by atoms with Gasteiger partial charge >= 0.3 is 12.1 Å². The van der Waals surface area contributed by atoms with Gasteiger partial charge in [0.15, 0.2) is 0 Å². The summed E-state index contributed by atoms with van der Waals surface area (Å²) in [6, 6.07) is 20.5. The minimum absolute atomic E-state index is 0.183. The number of amides is 1. The first-order valence-electron chi connectivity index (χ1n) is 11.8. The van der Waals surface area contributed by atoms with Crippen LogP contribution in [0.2, 0.25) is 0 Å². The van der Waals surface area contributed by atoms with Crippen molar-refractivity contribution in [1.29, 1.82) is 0 Å². The minimum atomic E-state index is -1.25. The zero-order chi connectivity index (χ0) is 26.3. The van der Waals surface area contributed by atoms with Gasteiger partial charge in [-0.05, 0) is 60.7 Å². The van der Waals surface area contributed by atoms with Gasteiger partial charge < -0.3 is 24.6 Å². The van der Waals surface area contributed by atoms with E-state index in [0.29, 0.717) is 35.5 Å². The van der Waals surface area contributed by atoms with Crippen molar-refractivity contribution in [3.8, 4) is 16.9 Å². The van der Waals surface area contributed by atoms with Crippen molar-refractivity contribution in [2.45, 2.75) is 45.9 Å². The van der Waals surface area contributed by atoms with Crippen LogP contribution in [0.3, 0.4) is 0 Å². The van der Waals surface area contributed by atoms with Gasteiger partial charge in [0, 0.05) is 18.7 Å². The molecule has 0 aliphatic rings. The fourth-order valence-corrected chi connectivity index (χ4v) is 4.13. The molecule has 7 heteroatoms. The number of carbonyl (C=O) groups is 2. The Morgan fingerprint density at radius 1 is 0.944 bits per heavy atom. The molecule has 0 spiro atoms. The lowest BCUT2D eigenvalue weighted by Gasteiger charge is -2.25. The average molecular weight is 492 g/mol. The molecule has 190 valence electrons. The number of benzene rings is 3. The summed E-state index contributed by atoms with van der Waals surface area (Å²) in [7, 11) is 1.53. The third-order valence-electron chi connectivity index (χ3n) is 5.94. The zero-order valence-corrected chi connectivity index (χ0v) is 21.2. The average Bonchev–Trinajstić information content (AvgIpc) is 2.85. The highest BCUT2D eigenvalue weighted by molar-refractivity contribution is 5.78. The molecule has 7 nitrogen and oxygen atoms in total. The standard InChI is InChI=1S/C29H33NO6/c1-5-30(28(33)36-19-20-11-7-6-8-12-20)18-21-13-9-10-14-23(21)24-15-22(16-27(31)32)25(29(2,3)34)17-26(24)35-4/h6-15,17,34H,5,16,18-19H2,1-4H3,(H,31,32). The molecule has 0 bridgehead atoms. The molecule has 0 aliphatic carbocycles. The summed E-state index contributed by atoms with van der Waals surface area (Å²) in [6.07, 6.45) is -0.669. The van der Waals surface area contributed by atoms with Crippen LogP contribution in [0.15, 0.2) is 66.7 Å². The highest BCUT2D eigenvalue weighted by Gasteiger charge is 2.25. The van der Waals surface area contributed by atoms with Crippen LogP contribution in [-0.2, 0) is 34.7 Å². The largest absolute Gasteiger partial charge is 0.496 e. The minimum Gasteiger partial charge on any atom is -0.496 e. The van der Waals surface area contributed by atoms with Crippen molar-refractivity contribution in [1.82, 2.24) is 4.90 Å². The summed E-state index contributed by atoms with van der Waals surface area (Å²) in [5, 5.41) is 20.1. The smallest absolute Gasteiger partial charge is 0.410 e. The predicted molar refractivity (Wildman–Crippen MR) is 138 cm³/mol. The predicted octanol–water partition coefficient (Wildman–Crippen LogP) is 5.38. The van der Waals surface area contributed by atoms with E-state index in [2.05, 4.69) is 0 Å². The number of methoxy groups -OCH3 is 1. The van der Waals surface area contributed by atoms with Crippen molar-refractivity contribution in [3.63, 3.8) is 0 Å². The van der Waals surface area contributed by atoms with E-state index in [0.717, 1.165) is 16.7 Å². The van der Waals surface area contributed by atoms with Crippen LogP contribution in [0, 0.1) is 0 Å². The van der Waals surface area contributed by atoms with E-state index in [-0.39, 0.29) is 13.0 Å². The Balaban J connectivity index is 1.96. The topological polar surface area (TPSA) is 96.3 Å². The first-order valence-corrected chi connectivity index (χ1v) is 11.8. The summed E-state index contributed by atoms with van der Waals surface area (Å²) in [5.41, 5.74) is 2.98. The Morgan fingerprint density at radius 3 is 2.22 bits per heavy atom. The van der Waals surface area contributed by atoms with Crippen molar-refractivity contribution in [2.75, 3.05) is 13.7 Å². The number of hydrogen-bond acceptors (Lipinski definition) is 5. The Hall–Kier alpha value is -3.84. The van der Waals surface area contributed by atoms with Crippen LogP contribution in [0.4, 0.5) is 4.79 Å². The Morgan fingerprint density at radius 2 is 1.61 bits per heavy atom. The van der Waals surface area contributed by atoms with Crippen molar-refractivity contribution in [3.05, 3.63) is 89.0 Å². The second-order valence-corrected chi connectivity index (χ2v) is 9.05. The van der Waals surface area contributed by atoms with E-state index in [1.54, 1.807) is 30.9 Å². The van der Waals surface area contributed by atoms with Gasteiger partial charge in [0.25, 0.3) is 0 Å². The first-order chi connectivity index (χ1) is 17.1. The molecule has 2 N–H and O–H groups in total. The van der Waals surface area contributed by atoms with E-state index in [1.807, 2.05) is 61.5 Å². The summed E-state index contributed by atoms with van der Waals surface area (Å²) in [4.78, 5) is 26.0. The lowest BCUT2D eigenvalue weighted by Crippen LogP contribution is -2.31. The SMILES string of the molecule is CCN(Cc1ccccc1-c1cc(CC(=O)O)c(C(C)(C)O)cc1OC)C(=O)OCc1ccccc1. The van der Waals surface area contributed by atoms with Gasteiger partial charge in [-0.1, -0.05) is 54.6 Å². The number of carboxylic acid groups (broad SMARTS) is 1. The third-order valence-corrected chi connectivity index (χ3v) is 5.94. The summed E-state index contributed by atoms with van der Waals surface area (Å²) >= 11 is 0. The Labute approximate surface area is 211 Å². The number of carbonyl (C=O) groups excluding carboxylic acids is 1. The maximum Gasteiger partial charge on any atom is 0.410 e. The van der Waals surface area contributed by atoms with Crippen LogP contribution >= 0.6 is 0 Å². The zero-order valence-electron chi connectivity index (χ0n) is 21.2. The number of aliphatic hydroxyl groups is 1. The number of hydrogen-bond donors (Lipinski definition) is 2. The van der Waals surface area contributed by atoms with Gasteiger partial charge in [0.05, 0.1) is 19.1 Å².